The van der Waals surface area contributed by atoms with Gasteiger partial charge in [0.15, 0.2) is 0 Å². The summed E-state index contributed by atoms with van der Waals surface area (Å²) in [6.07, 6.45) is 0. The molecule has 2 N–H and O–H groups in total. The first kappa shape index (κ1) is 16.9. The van der Waals surface area contributed by atoms with Gasteiger partial charge in [-0.25, -0.2) is 8.42 Å². The molecule has 0 saturated heterocycles. The largest absolute Gasteiger partial charge is 0.325 e. The lowest BCUT2D eigenvalue weighted by Crippen LogP contribution is -2.20. The normalized spacial score (nSPS) is 17.6. The Labute approximate surface area is 145 Å². The maximum atomic E-state index is 12.6. The predicted molar refractivity (Wildman–Crippen MR) is 96.9 cm³/mol. The van der Waals surface area contributed by atoms with E-state index in [0.717, 1.165) is 10.5 Å². The van der Waals surface area contributed by atoms with Gasteiger partial charge in [0.1, 0.15) is 0 Å². The molecule has 1 atom stereocenters. The maximum Gasteiger partial charge on any atom is 0.261 e. The minimum absolute atomic E-state index is 0.0951. The number of amides is 1. The van der Waals surface area contributed by atoms with Crippen LogP contribution in [0.5, 0.6) is 0 Å². The van der Waals surface area contributed by atoms with Gasteiger partial charge < -0.3 is 5.32 Å². The summed E-state index contributed by atoms with van der Waals surface area (Å²) in [5.41, 5.74) is 2.10. The van der Waals surface area contributed by atoms with E-state index in [0.29, 0.717) is 17.1 Å². The topological polar surface area (TPSA) is 75.3 Å². The summed E-state index contributed by atoms with van der Waals surface area (Å²) in [7, 11) is -3.71. The number of carbonyl (C=O) groups is 1. The molecule has 1 amide bonds. The molecule has 0 radical (unpaired) electrons. The fourth-order valence-corrected chi connectivity index (χ4v) is 4.38. The zero-order valence-corrected chi connectivity index (χ0v) is 15.0. The van der Waals surface area contributed by atoms with Gasteiger partial charge in [-0.15, -0.1) is 11.8 Å². The molecule has 1 unspecified atom stereocenters. The Morgan fingerprint density at radius 3 is 2.58 bits per heavy atom. The smallest absolute Gasteiger partial charge is 0.261 e. The van der Waals surface area contributed by atoms with Crippen LogP contribution in [0.25, 0.3) is 0 Å². The monoisotopic (exact) mass is 362 g/mol. The second-order valence-electron chi connectivity index (χ2n) is 5.83. The number of fused-ring (bicyclic) bond motifs is 1. The third-order valence-electron chi connectivity index (χ3n) is 3.76. The van der Waals surface area contributed by atoms with Crippen LogP contribution >= 0.6 is 11.8 Å². The third kappa shape index (κ3) is 3.57. The molecule has 1 heterocycles. The van der Waals surface area contributed by atoms with Crippen LogP contribution in [0.2, 0.25) is 0 Å². The zero-order valence-electron chi connectivity index (χ0n) is 13.4. The van der Waals surface area contributed by atoms with Gasteiger partial charge in [-0.3, -0.25) is 9.52 Å². The van der Waals surface area contributed by atoms with E-state index in [2.05, 4.69) is 10.0 Å². The molecule has 126 valence electrons. The van der Waals surface area contributed by atoms with Gasteiger partial charge in [-0.05, 0) is 37.3 Å². The number of anilines is 2. The number of aryl methyl sites for hydroxylation is 1. The average molecular weight is 362 g/mol. The number of sulfonamides is 1. The van der Waals surface area contributed by atoms with Gasteiger partial charge in [-0.2, -0.15) is 0 Å². The molecule has 0 aromatic heterocycles. The SMILES string of the molecule is Cc1ccc(NS(=O)(=O)c2ccc3c(c2)NC(=O)C(C)CS3)cc1. The lowest BCUT2D eigenvalue weighted by Gasteiger charge is -2.12. The van der Waals surface area contributed by atoms with Crippen molar-refractivity contribution in [3.05, 3.63) is 48.0 Å². The Hall–Kier alpha value is -1.99. The van der Waals surface area contributed by atoms with E-state index < -0.39 is 10.0 Å². The molecular weight excluding hydrogens is 344 g/mol. The molecule has 3 rings (SSSR count). The third-order valence-corrected chi connectivity index (χ3v) is 6.47. The highest BCUT2D eigenvalue weighted by molar-refractivity contribution is 7.99. The Morgan fingerprint density at radius 1 is 1.17 bits per heavy atom. The Balaban J connectivity index is 1.90. The second kappa shape index (κ2) is 6.49. The van der Waals surface area contributed by atoms with Crippen LogP contribution in [0.1, 0.15) is 12.5 Å². The summed E-state index contributed by atoms with van der Waals surface area (Å²) < 4.78 is 27.7. The molecular formula is C17H18N2O3S2. The Kier molecular flexibility index (Phi) is 4.56. The van der Waals surface area contributed by atoms with Crippen molar-refractivity contribution >= 4 is 39.1 Å². The second-order valence-corrected chi connectivity index (χ2v) is 8.58. The maximum absolute atomic E-state index is 12.6. The summed E-state index contributed by atoms with van der Waals surface area (Å²) in [6.45, 7) is 3.79. The first-order valence-electron chi connectivity index (χ1n) is 7.52. The first-order valence-corrected chi connectivity index (χ1v) is 9.99. The van der Waals surface area contributed by atoms with Gasteiger partial charge >= 0.3 is 0 Å². The molecule has 0 saturated carbocycles. The number of hydrogen-bond acceptors (Lipinski definition) is 4. The first-order chi connectivity index (χ1) is 11.3. The molecule has 24 heavy (non-hydrogen) atoms. The predicted octanol–water partition coefficient (Wildman–Crippen LogP) is 3.48. The molecule has 0 aliphatic carbocycles. The minimum Gasteiger partial charge on any atom is -0.325 e. The van der Waals surface area contributed by atoms with E-state index >= 15 is 0 Å². The summed E-state index contributed by atoms with van der Waals surface area (Å²) >= 11 is 1.55. The highest BCUT2D eigenvalue weighted by atomic mass is 32.2. The molecule has 1 aliphatic rings. The van der Waals surface area contributed by atoms with E-state index in [1.165, 1.54) is 6.07 Å². The molecule has 1 aliphatic heterocycles. The van der Waals surface area contributed by atoms with E-state index in [9.17, 15) is 13.2 Å². The van der Waals surface area contributed by atoms with Crippen molar-refractivity contribution in [3.63, 3.8) is 0 Å². The van der Waals surface area contributed by atoms with E-state index in [4.69, 9.17) is 0 Å². The Bertz CT molecular complexity index is 877. The van der Waals surface area contributed by atoms with Gasteiger partial charge in [-0.1, -0.05) is 24.6 Å². The van der Waals surface area contributed by atoms with Crippen LogP contribution in [0, 0.1) is 12.8 Å². The van der Waals surface area contributed by atoms with Gasteiger partial charge in [0.05, 0.1) is 10.6 Å². The van der Waals surface area contributed by atoms with Crippen LogP contribution in [0.15, 0.2) is 52.3 Å². The fourth-order valence-electron chi connectivity index (χ4n) is 2.28. The van der Waals surface area contributed by atoms with Crippen molar-refractivity contribution in [1.29, 1.82) is 0 Å². The lowest BCUT2D eigenvalue weighted by atomic mass is 10.2. The highest BCUT2D eigenvalue weighted by Gasteiger charge is 2.22. The fraction of sp³-hybridized carbons (Fsp3) is 0.235. The standard InChI is InChI=1S/C17H18N2O3S2/c1-11-3-5-13(6-4-11)19-24(21,22)14-7-8-16-15(9-14)18-17(20)12(2)10-23-16/h3-9,12,19H,10H2,1-2H3,(H,18,20). The summed E-state index contributed by atoms with van der Waals surface area (Å²) in [5, 5.41) is 2.80. The van der Waals surface area contributed by atoms with Crippen molar-refractivity contribution in [2.45, 2.75) is 23.6 Å². The summed E-state index contributed by atoms with van der Waals surface area (Å²) in [5.74, 6) is 0.461. The van der Waals surface area contributed by atoms with Crippen molar-refractivity contribution in [3.8, 4) is 0 Å². The molecule has 0 fully saturated rings. The van der Waals surface area contributed by atoms with Crippen molar-refractivity contribution in [1.82, 2.24) is 0 Å². The number of thioether (sulfide) groups is 1. The number of nitrogens with one attached hydrogen (secondary N) is 2. The zero-order chi connectivity index (χ0) is 17.3. The molecule has 0 spiro atoms. The average Bonchev–Trinajstić information content (AvgIpc) is 2.68. The lowest BCUT2D eigenvalue weighted by molar-refractivity contribution is -0.118. The van der Waals surface area contributed by atoms with Crippen LogP contribution in [0.4, 0.5) is 11.4 Å². The van der Waals surface area contributed by atoms with Gasteiger partial charge in [0.2, 0.25) is 5.91 Å². The minimum atomic E-state index is -3.71. The highest BCUT2D eigenvalue weighted by Crippen LogP contribution is 2.34. The van der Waals surface area contributed by atoms with Crippen molar-refractivity contribution in [2.75, 3.05) is 15.8 Å². The van der Waals surface area contributed by atoms with Crippen molar-refractivity contribution < 1.29 is 13.2 Å². The van der Waals surface area contributed by atoms with Gasteiger partial charge in [0.25, 0.3) is 10.0 Å². The van der Waals surface area contributed by atoms with Crippen LogP contribution in [-0.2, 0) is 14.8 Å². The molecule has 7 heteroatoms. The Morgan fingerprint density at radius 2 is 1.88 bits per heavy atom. The quantitative estimate of drug-likeness (QED) is 0.877. The summed E-state index contributed by atoms with van der Waals surface area (Å²) in [4.78, 5) is 13.0. The molecule has 2 aromatic carbocycles. The van der Waals surface area contributed by atoms with Crippen LogP contribution in [0.3, 0.4) is 0 Å². The van der Waals surface area contributed by atoms with E-state index in [-0.39, 0.29) is 16.7 Å². The van der Waals surface area contributed by atoms with E-state index in [1.54, 1.807) is 36.0 Å². The molecule has 0 bridgehead atoms. The molecule has 5 nitrogen and oxygen atoms in total. The van der Waals surface area contributed by atoms with Crippen molar-refractivity contribution in [2.24, 2.45) is 5.92 Å². The molecule has 2 aromatic rings. The van der Waals surface area contributed by atoms with Crippen LogP contribution < -0.4 is 10.0 Å². The summed E-state index contributed by atoms with van der Waals surface area (Å²) in [6, 6.07) is 11.9. The van der Waals surface area contributed by atoms with Gasteiger partial charge in [0, 0.05) is 22.3 Å². The van der Waals surface area contributed by atoms with Crippen LogP contribution in [-0.4, -0.2) is 20.1 Å². The number of benzene rings is 2. The number of carbonyl (C=O) groups excluding carboxylic acids is 1. The number of hydrogen-bond donors (Lipinski definition) is 2. The van der Waals surface area contributed by atoms with E-state index in [1.807, 2.05) is 26.0 Å². The number of rotatable bonds is 3.